The van der Waals surface area contributed by atoms with Crippen LogP contribution in [0.1, 0.15) is 16.8 Å². The first-order chi connectivity index (χ1) is 9.48. The van der Waals surface area contributed by atoms with E-state index in [2.05, 4.69) is 11.2 Å². The van der Waals surface area contributed by atoms with Crippen molar-refractivity contribution >= 4 is 11.6 Å². The first-order valence-corrected chi connectivity index (χ1v) is 7.04. The summed E-state index contributed by atoms with van der Waals surface area (Å²) in [6.07, 6.45) is 1.45. The van der Waals surface area contributed by atoms with Gasteiger partial charge in [-0.15, -0.1) is 0 Å². The molecule has 106 valence electrons. The van der Waals surface area contributed by atoms with Crippen molar-refractivity contribution in [3.05, 3.63) is 46.2 Å². The molecule has 2 aromatic rings. The Bertz CT molecular complexity index is 653. The van der Waals surface area contributed by atoms with Crippen LogP contribution in [-0.2, 0) is 19.9 Å². The van der Waals surface area contributed by atoms with E-state index in [9.17, 15) is 0 Å². The van der Waals surface area contributed by atoms with Gasteiger partial charge in [-0.3, -0.25) is 4.68 Å². The van der Waals surface area contributed by atoms with Crippen molar-refractivity contribution in [2.45, 2.75) is 25.3 Å². The number of benzene rings is 1. The van der Waals surface area contributed by atoms with Gasteiger partial charge in [0.15, 0.2) is 0 Å². The highest BCUT2D eigenvalue weighted by Crippen LogP contribution is 2.32. The molecule has 4 nitrogen and oxygen atoms in total. The second-order valence-electron chi connectivity index (χ2n) is 5.59. The van der Waals surface area contributed by atoms with Crippen LogP contribution < -0.4 is 10.5 Å². The van der Waals surface area contributed by atoms with Crippen LogP contribution in [0.25, 0.3) is 0 Å². The van der Waals surface area contributed by atoms with Crippen molar-refractivity contribution in [3.8, 4) is 5.75 Å². The van der Waals surface area contributed by atoms with Crippen LogP contribution in [0.3, 0.4) is 0 Å². The number of halogens is 1. The van der Waals surface area contributed by atoms with Crippen molar-refractivity contribution in [2.75, 3.05) is 6.61 Å². The molecule has 1 atom stereocenters. The zero-order chi connectivity index (χ0) is 14.3. The maximum Gasteiger partial charge on any atom is 0.130 e. The third kappa shape index (κ3) is 2.30. The summed E-state index contributed by atoms with van der Waals surface area (Å²) >= 11 is 6.30. The lowest BCUT2D eigenvalue weighted by Crippen LogP contribution is -2.51. The monoisotopic (exact) mass is 291 g/mol. The molecule has 1 aromatic heterocycles. The molecule has 3 rings (SSSR count). The average Bonchev–Trinajstić information content (AvgIpc) is 2.65. The van der Waals surface area contributed by atoms with Crippen molar-refractivity contribution in [2.24, 2.45) is 12.8 Å². The Labute approximate surface area is 123 Å². The van der Waals surface area contributed by atoms with E-state index in [0.717, 1.165) is 29.0 Å². The van der Waals surface area contributed by atoms with Crippen molar-refractivity contribution in [1.29, 1.82) is 0 Å². The first kappa shape index (κ1) is 13.5. The molecule has 1 unspecified atom stereocenters. The summed E-state index contributed by atoms with van der Waals surface area (Å²) in [5.41, 5.74) is 9.19. The van der Waals surface area contributed by atoms with Crippen LogP contribution in [0.15, 0.2) is 24.3 Å². The van der Waals surface area contributed by atoms with Gasteiger partial charge in [-0.05, 0) is 31.4 Å². The minimum absolute atomic E-state index is 0.439. The highest BCUT2D eigenvalue weighted by Gasteiger charge is 2.34. The Morgan fingerprint density at radius 3 is 2.90 bits per heavy atom. The fraction of sp³-hybridized carbons (Fsp3) is 0.400. The van der Waals surface area contributed by atoms with Crippen LogP contribution in [-0.4, -0.2) is 21.9 Å². The molecule has 1 aliphatic heterocycles. The van der Waals surface area contributed by atoms with Crippen LogP contribution in [0.5, 0.6) is 5.75 Å². The van der Waals surface area contributed by atoms with Gasteiger partial charge in [0.1, 0.15) is 17.5 Å². The number of aromatic nitrogens is 2. The summed E-state index contributed by atoms with van der Waals surface area (Å²) < 4.78 is 7.49. The third-order valence-electron chi connectivity index (χ3n) is 3.83. The van der Waals surface area contributed by atoms with E-state index in [1.807, 2.05) is 32.2 Å². The molecule has 2 N–H and O–H groups in total. The number of hydrogen-bond donors (Lipinski definition) is 1. The van der Waals surface area contributed by atoms with E-state index in [0.29, 0.717) is 18.2 Å². The summed E-state index contributed by atoms with van der Waals surface area (Å²) in [5, 5.41) is 5.00. The maximum atomic E-state index is 6.53. The van der Waals surface area contributed by atoms with Gasteiger partial charge in [-0.2, -0.15) is 5.10 Å². The van der Waals surface area contributed by atoms with E-state index in [-0.39, 0.29) is 0 Å². The Hall–Kier alpha value is -1.52. The molecule has 2 heterocycles. The number of aryl methyl sites for hydroxylation is 2. The quantitative estimate of drug-likeness (QED) is 0.923. The van der Waals surface area contributed by atoms with Crippen molar-refractivity contribution in [3.63, 3.8) is 0 Å². The Morgan fingerprint density at radius 1 is 1.45 bits per heavy atom. The highest BCUT2D eigenvalue weighted by atomic mass is 35.5. The van der Waals surface area contributed by atoms with Crippen LogP contribution in [0.4, 0.5) is 0 Å². The Morgan fingerprint density at radius 2 is 2.20 bits per heavy atom. The van der Waals surface area contributed by atoms with Crippen LogP contribution in [0.2, 0.25) is 5.15 Å². The van der Waals surface area contributed by atoms with Gasteiger partial charge in [0.05, 0.1) is 11.2 Å². The lowest BCUT2D eigenvalue weighted by Gasteiger charge is -2.34. The summed E-state index contributed by atoms with van der Waals surface area (Å²) in [6, 6.07) is 8.03. The fourth-order valence-corrected chi connectivity index (χ4v) is 3.02. The zero-order valence-electron chi connectivity index (χ0n) is 11.7. The van der Waals surface area contributed by atoms with Crippen LogP contribution in [0, 0.1) is 6.92 Å². The highest BCUT2D eigenvalue weighted by molar-refractivity contribution is 6.30. The summed E-state index contributed by atoms with van der Waals surface area (Å²) in [7, 11) is 1.84. The summed E-state index contributed by atoms with van der Waals surface area (Å²) in [5.74, 6) is 0.933. The van der Waals surface area contributed by atoms with E-state index < -0.39 is 5.54 Å². The van der Waals surface area contributed by atoms with Crippen molar-refractivity contribution < 1.29 is 4.74 Å². The Kier molecular flexibility index (Phi) is 3.22. The van der Waals surface area contributed by atoms with Gasteiger partial charge < -0.3 is 10.5 Å². The summed E-state index contributed by atoms with van der Waals surface area (Å²) in [6.45, 7) is 2.46. The number of nitrogens with two attached hydrogens (primary N) is 1. The number of rotatable bonds is 2. The van der Waals surface area contributed by atoms with Gasteiger partial charge in [0, 0.05) is 12.6 Å². The van der Waals surface area contributed by atoms with Gasteiger partial charge in [0.2, 0.25) is 0 Å². The van der Waals surface area contributed by atoms with Crippen LogP contribution >= 0.6 is 11.6 Å². The minimum atomic E-state index is -0.439. The molecule has 0 aliphatic carbocycles. The number of hydrogen-bond acceptors (Lipinski definition) is 3. The lowest BCUT2D eigenvalue weighted by atomic mass is 9.84. The standard InChI is InChI=1S/C15H18ClN3O/c1-10-12(14(16)19(2)18-10)8-15(17)7-11-5-3-4-6-13(11)20-9-15/h3-6H,7-9,17H2,1-2H3. The van der Waals surface area contributed by atoms with Gasteiger partial charge in [-0.25, -0.2) is 0 Å². The molecule has 0 amide bonds. The second kappa shape index (κ2) is 4.79. The number of nitrogens with zero attached hydrogens (tertiary/aromatic N) is 2. The maximum absolute atomic E-state index is 6.53. The summed E-state index contributed by atoms with van der Waals surface area (Å²) in [4.78, 5) is 0. The second-order valence-corrected chi connectivity index (χ2v) is 5.95. The smallest absolute Gasteiger partial charge is 0.130 e. The lowest BCUT2D eigenvalue weighted by molar-refractivity contribution is 0.189. The third-order valence-corrected chi connectivity index (χ3v) is 4.30. The molecule has 0 saturated heterocycles. The molecule has 0 fully saturated rings. The van der Waals surface area contributed by atoms with Crippen molar-refractivity contribution in [1.82, 2.24) is 9.78 Å². The van der Waals surface area contributed by atoms with E-state index in [1.54, 1.807) is 4.68 Å². The predicted molar refractivity (Wildman–Crippen MR) is 79.2 cm³/mol. The average molecular weight is 292 g/mol. The Balaban J connectivity index is 1.88. The molecule has 0 saturated carbocycles. The SMILES string of the molecule is Cc1nn(C)c(Cl)c1CC1(N)COc2ccccc2C1. The zero-order valence-corrected chi connectivity index (χ0v) is 12.4. The molecule has 1 aromatic carbocycles. The fourth-order valence-electron chi connectivity index (χ4n) is 2.78. The number of para-hydroxylation sites is 1. The molecular weight excluding hydrogens is 274 g/mol. The van der Waals surface area contributed by atoms with Gasteiger partial charge >= 0.3 is 0 Å². The van der Waals surface area contributed by atoms with E-state index in [4.69, 9.17) is 22.1 Å². The van der Waals surface area contributed by atoms with E-state index in [1.165, 1.54) is 0 Å². The molecule has 0 spiro atoms. The molecule has 0 bridgehead atoms. The normalized spacial score (nSPS) is 21.4. The topological polar surface area (TPSA) is 53.1 Å². The molecule has 0 radical (unpaired) electrons. The molecule has 5 heteroatoms. The minimum Gasteiger partial charge on any atom is -0.491 e. The molecule has 1 aliphatic rings. The van der Waals surface area contributed by atoms with Gasteiger partial charge in [-0.1, -0.05) is 29.8 Å². The number of ether oxygens (including phenoxy) is 1. The molecule has 20 heavy (non-hydrogen) atoms. The predicted octanol–water partition coefficient (Wildman–Crippen LogP) is 2.26. The molecular formula is C15H18ClN3O. The largest absolute Gasteiger partial charge is 0.491 e. The first-order valence-electron chi connectivity index (χ1n) is 6.66. The number of fused-ring (bicyclic) bond motifs is 1. The van der Waals surface area contributed by atoms with Gasteiger partial charge in [0.25, 0.3) is 0 Å². The van der Waals surface area contributed by atoms with E-state index >= 15 is 0 Å².